The standard InChI is InChI=1S/C65H100O6/c1-4-7-10-13-16-18-20-22-24-26-27-28-29-30-31-32-33-34-35-36-37-39-40-42-44-46-49-52-55-58-64(67)70-61-62(60-69-63(66)57-54-51-48-15-12-9-6-3)71-65(68)59-56-53-50-47-45-43-41-38-25-23-21-19-17-14-11-8-5-2/h7-8,10-11,16-19,22-25,27-28,30-31,33-34,36-37,40-43,47,50,62H,4-6,9,12-15,20-21,26,29,32,35,38-39,44-46,48-49,51-61H2,1-3H3/b10-7-,11-8-,18-16-,19-17-,24-22-,25-23-,28-27-,31-30-,34-33-,37-36-,42-40-,43-41-,50-47-. The minimum atomic E-state index is -0.823. The van der Waals surface area contributed by atoms with Crippen LogP contribution in [0.5, 0.6) is 0 Å². The zero-order valence-corrected chi connectivity index (χ0v) is 45.2. The van der Waals surface area contributed by atoms with Crippen molar-refractivity contribution in [2.75, 3.05) is 13.2 Å². The molecule has 1 atom stereocenters. The Kier molecular flexibility index (Phi) is 53.6. The van der Waals surface area contributed by atoms with Gasteiger partial charge in [0.25, 0.3) is 0 Å². The molecular formula is C65H100O6. The van der Waals surface area contributed by atoms with E-state index in [-0.39, 0.29) is 37.5 Å². The summed E-state index contributed by atoms with van der Waals surface area (Å²) < 4.78 is 16.7. The summed E-state index contributed by atoms with van der Waals surface area (Å²) in [6.07, 6.45) is 84.0. The van der Waals surface area contributed by atoms with Crippen molar-refractivity contribution in [3.8, 4) is 0 Å². The molecule has 0 aromatic carbocycles. The first-order chi connectivity index (χ1) is 35.0. The molecular weight excluding hydrogens is 877 g/mol. The van der Waals surface area contributed by atoms with Gasteiger partial charge in [-0.05, 0) is 122 Å². The first-order valence-electron chi connectivity index (χ1n) is 28.0. The monoisotopic (exact) mass is 977 g/mol. The molecule has 0 aliphatic heterocycles. The Morgan fingerprint density at radius 2 is 0.563 bits per heavy atom. The minimum Gasteiger partial charge on any atom is -0.462 e. The van der Waals surface area contributed by atoms with Crippen molar-refractivity contribution in [2.45, 2.75) is 219 Å². The number of rotatable bonds is 48. The second-order valence-corrected chi connectivity index (χ2v) is 17.7. The summed E-state index contributed by atoms with van der Waals surface area (Å²) in [7, 11) is 0. The highest BCUT2D eigenvalue weighted by Crippen LogP contribution is 2.12. The zero-order valence-electron chi connectivity index (χ0n) is 45.2. The molecule has 0 heterocycles. The fraction of sp³-hybridized carbons (Fsp3) is 0.554. The van der Waals surface area contributed by atoms with Crippen LogP contribution in [0.4, 0.5) is 0 Å². The number of ether oxygens (including phenoxy) is 3. The predicted molar refractivity (Wildman–Crippen MR) is 306 cm³/mol. The van der Waals surface area contributed by atoms with Gasteiger partial charge in [-0.15, -0.1) is 0 Å². The molecule has 396 valence electrons. The molecule has 0 aromatic rings. The van der Waals surface area contributed by atoms with Crippen LogP contribution in [-0.2, 0) is 28.6 Å². The van der Waals surface area contributed by atoms with Gasteiger partial charge in [-0.2, -0.15) is 0 Å². The summed E-state index contributed by atoms with van der Waals surface area (Å²) >= 11 is 0. The number of hydrogen-bond donors (Lipinski definition) is 0. The van der Waals surface area contributed by atoms with Gasteiger partial charge in [-0.3, -0.25) is 14.4 Å². The van der Waals surface area contributed by atoms with Crippen molar-refractivity contribution < 1.29 is 28.6 Å². The molecule has 0 aliphatic carbocycles. The van der Waals surface area contributed by atoms with E-state index < -0.39 is 6.10 Å². The Balaban J connectivity index is 4.35. The lowest BCUT2D eigenvalue weighted by Crippen LogP contribution is -2.30. The molecule has 0 radical (unpaired) electrons. The molecule has 0 fully saturated rings. The van der Waals surface area contributed by atoms with E-state index in [1.54, 1.807) is 0 Å². The Labute approximate surface area is 435 Å². The Morgan fingerprint density at radius 1 is 0.296 bits per heavy atom. The molecule has 0 aromatic heterocycles. The van der Waals surface area contributed by atoms with Crippen LogP contribution in [0.25, 0.3) is 0 Å². The van der Waals surface area contributed by atoms with Gasteiger partial charge in [0, 0.05) is 19.3 Å². The molecule has 6 nitrogen and oxygen atoms in total. The maximum atomic E-state index is 12.8. The van der Waals surface area contributed by atoms with E-state index in [9.17, 15) is 14.4 Å². The Hall–Kier alpha value is -4.97. The normalized spacial score (nSPS) is 13.3. The second kappa shape index (κ2) is 57.6. The molecule has 0 bridgehead atoms. The van der Waals surface area contributed by atoms with Crippen LogP contribution >= 0.6 is 0 Å². The average molecular weight is 978 g/mol. The van der Waals surface area contributed by atoms with Crippen molar-refractivity contribution >= 4 is 17.9 Å². The highest BCUT2D eigenvalue weighted by atomic mass is 16.6. The van der Waals surface area contributed by atoms with E-state index in [1.165, 1.54) is 25.7 Å². The van der Waals surface area contributed by atoms with Gasteiger partial charge < -0.3 is 14.2 Å². The number of esters is 3. The summed E-state index contributed by atoms with van der Waals surface area (Å²) in [5.74, 6) is -1.02. The SMILES string of the molecule is CC/C=C\C/C=C\C/C=C\C/C=C\C/C=C\C/C=C\C/C=C\C/C=C\CCCCCCC(=O)OCC(COC(=O)CCCCCCCCC)OC(=O)CCC/C=C\C/C=C\C/C=C\C/C=C\C/C=C\CC. The van der Waals surface area contributed by atoms with E-state index in [0.717, 1.165) is 141 Å². The van der Waals surface area contributed by atoms with Crippen LogP contribution in [-0.4, -0.2) is 37.2 Å². The molecule has 1 unspecified atom stereocenters. The number of hydrogen-bond acceptors (Lipinski definition) is 6. The molecule has 0 rings (SSSR count). The van der Waals surface area contributed by atoms with Gasteiger partial charge in [-0.1, -0.05) is 230 Å². The summed E-state index contributed by atoms with van der Waals surface area (Å²) in [4.78, 5) is 37.9. The minimum absolute atomic E-state index is 0.115. The summed E-state index contributed by atoms with van der Waals surface area (Å²) in [6, 6.07) is 0. The third-order valence-electron chi connectivity index (χ3n) is 11.0. The van der Waals surface area contributed by atoms with Crippen LogP contribution < -0.4 is 0 Å². The Morgan fingerprint density at radius 3 is 0.901 bits per heavy atom. The largest absolute Gasteiger partial charge is 0.462 e. The first-order valence-corrected chi connectivity index (χ1v) is 28.0. The van der Waals surface area contributed by atoms with Crippen molar-refractivity contribution in [2.24, 2.45) is 0 Å². The fourth-order valence-electron chi connectivity index (χ4n) is 6.90. The quantitative estimate of drug-likeness (QED) is 0.0262. The maximum absolute atomic E-state index is 12.8. The van der Waals surface area contributed by atoms with Crippen LogP contribution in [0.2, 0.25) is 0 Å². The van der Waals surface area contributed by atoms with Crippen LogP contribution in [0.1, 0.15) is 213 Å². The lowest BCUT2D eigenvalue weighted by Gasteiger charge is -2.18. The van der Waals surface area contributed by atoms with Crippen molar-refractivity contribution in [3.63, 3.8) is 0 Å². The fourth-order valence-corrected chi connectivity index (χ4v) is 6.90. The molecule has 0 saturated heterocycles. The summed E-state index contributed by atoms with van der Waals surface area (Å²) in [5.41, 5.74) is 0. The van der Waals surface area contributed by atoms with Crippen molar-refractivity contribution in [1.29, 1.82) is 0 Å². The van der Waals surface area contributed by atoms with Gasteiger partial charge >= 0.3 is 17.9 Å². The number of unbranched alkanes of at least 4 members (excludes halogenated alkanes) is 11. The van der Waals surface area contributed by atoms with E-state index in [2.05, 4.69) is 179 Å². The number of carbonyl (C=O) groups is 3. The van der Waals surface area contributed by atoms with Crippen molar-refractivity contribution in [1.82, 2.24) is 0 Å². The van der Waals surface area contributed by atoms with E-state index in [4.69, 9.17) is 14.2 Å². The van der Waals surface area contributed by atoms with Crippen LogP contribution in [0, 0.1) is 0 Å². The number of allylic oxidation sites excluding steroid dienone is 26. The molecule has 0 aliphatic rings. The topological polar surface area (TPSA) is 78.9 Å². The molecule has 0 saturated carbocycles. The molecule has 0 spiro atoms. The molecule has 6 heteroatoms. The second-order valence-electron chi connectivity index (χ2n) is 17.7. The van der Waals surface area contributed by atoms with Gasteiger partial charge in [0.1, 0.15) is 13.2 Å². The zero-order chi connectivity index (χ0) is 51.4. The lowest BCUT2D eigenvalue weighted by atomic mass is 10.1. The van der Waals surface area contributed by atoms with E-state index >= 15 is 0 Å². The number of carbonyl (C=O) groups excluding carboxylic acids is 3. The highest BCUT2D eigenvalue weighted by molar-refractivity contribution is 5.71. The third kappa shape index (κ3) is 55.8. The Bertz CT molecular complexity index is 1640. The van der Waals surface area contributed by atoms with E-state index in [0.29, 0.717) is 19.3 Å². The van der Waals surface area contributed by atoms with Gasteiger partial charge in [-0.25, -0.2) is 0 Å². The van der Waals surface area contributed by atoms with Gasteiger partial charge in [0.05, 0.1) is 0 Å². The molecule has 71 heavy (non-hydrogen) atoms. The maximum Gasteiger partial charge on any atom is 0.306 e. The molecule has 0 N–H and O–H groups in total. The van der Waals surface area contributed by atoms with E-state index in [1.807, 2.05) is 0 Å². The summed E-state index contributed by atoms with van der Waals surface area (Å²) in [6.45, 7) is 6.27. The predicted octanol–water partition coefficient (Wildman–Crippen LogP) is 19.0. The highest BCUT2D eigenvalue weighted by Gasteiger charge is 2.19. The van der Waals surface area contributed by atoms with Crippen LogP contribution in [0.15, 0.2) is 158 Å². The third-order valence-corrected chi connectivity index (χ3v) is 11.0. The van der Waals surface area contributed by atoms with Crippen molar-refractivity contribution in [3.05, 3.63) is 158 Å². The molecule has 0 amide bonds. The van der Waals surface area contributed by atoms with Gasteiger partial charge in [0.2, 0.25) is 0 Å². The summed E-state index contributed by atoms with van der Waals surface area (Å²) in [5, 5.41) is 0. The van der Waals surface area contributed by atoms with Gasteiger partial charge in [0.15, 0.2) is 6.10 Å². The lowest BCUT2D eigenvalue weighted by molar-refractivity contribution is -0.167. The van der Waals surface area contributed by atoms with Crippen LogP contribution in [0.3, 0.4) is 0 Å². The smallest absolute Gasteiger partial charge is 0.306 e. The first kappa shape index (κ1) is 66.0. The average Bonchev–Trinajstić information content (AvgIpc) is 3.37.